The summed E-state index contributed by atoms with van der Waals surface area (Å²) in [7, 11) is 0. The van der Waals surface area contributed by atoms with Gasteiger partial charge in [-0.25, -0.2) is 4.98 Å². The second-order valence-corrected chi connectivity index (χ2v) is 5.27. The summed E-state index contributed by atoms with van der Waals surface area (Å²) in [6.07, 6.45) is 4.15. The third-order valence-corrected chi connectivity index (χ3v) is 3.24. The Morgan fingerprint density at radius 3 is 3.00 bits per heavy atom. The van der Waals surface area contributed by atoms with Crippen LogP contribution in [0.5, 0.6) is 0 Å². The Morgan fingerprint density at radius 2 is 2.40 bits per heavy atom. The Balaban J connectivity index is 2.02. The summed E-state index contributed by atoms with van der Waals surface area (Å²) in [6, 6.07) is 0. The smallest absolute Gasteiger partial charge is 0.0897 e. The standard InChI is InChI=1S/C11H20N2OS/c1-9(8-14)4-3-5-12-6-11-7-13-10(2)15-11/h7,9,12,14H,3-6,8H2,1-2H3. The predicted octanol–water partition coefficient (Wildman–Crippen LogP) is 1.95. The minimum atomic E-state index is 0.300. The van der Waals surface area contributed by atoms with E-state index >= 15 is 0 Å². The van der Waals surface area contributed by atoms with Crippen molar-refractivity contribution in [1.82, 2.24) is 10.3 Å². The molecule has 0 aromatic carbocycles. The quantitative estimate of drug-likeness (QED) is 0.701. The van der Waals surface area contributed by atoms with Crippen molar-refractivity contribution in [3.63, 3.8) is 0 Å². The van der Waals surface area contributed by atoms with Crippen molar-refractivity contribution in [2.45, 2.75) is 33.2 Å². The second kappa shape index (κ2) is 6.93. The van der Waals surface area contributed by atoms with E-state index < -0.39 is 0 Å². The minimum absolute atomic E-state index is 0.300. The van der Waals surface area contributed by atoms with E-state index in [0.29, 0.717) is 12.5 Å². The number of aliphatic hydroxyl groups excluding tert-OH is 1. The average molecular weight is 228 g/mol. The number of nitrogens with zero attached hydrogens (tertiary/aromatic N) is 1. The third-order valence-electron chi connectivity index (χ3n) is 2.33. The zero-order valence-electron chi connectivity index (χ0n) is 9.49. The molecule has 2 N–H and O–H groups in total. The van der Waals surface area contributed by atoms with Gasteiger partial charge in [-0.3, -0.25) is 0 Å². The summed E-state index contributed by atoms with van der Waals surface area (Å²) in [5.74, 6) is 0.428. The molecule has 0 fully saturated rings. The highest BCUT2D eigenvalue weighted by molar-refractivity contribution is 7.11. The highest BCUT2D eigenvalue weighted by Gasteiger charge is 2.00. The van der Waals surface area contributed by atoms with Crippen LogP contribution in [0.1, 0.15) is 29.7 Å². The number of hydrogen-bond donors (Lipinski definition) is 2. The van der Waals surface area contributed by atoms with E-state index in [1.165, 1.54) is 4.88 Å². The molecule has 1 heterocycles. The van der Waals surface area contributed by atoms with E-state index in [0.717, 1.165) is 30.9 Å². The number of hydrogen-bond acceptors (Lipinski definition) is 4. The van der Waals surface area contributed by atoms with Gasteiger partial charge in [0.15, 0.2) is 0 Å². The van der Waals surface area contributed by atoms with Gasteiger partial charge in [-0.2, -0.15) is 0 Å². The van der Waals surface area contributed by atoms with Gasteiger partial charge in [-0.1, -0.05) is 6.92 Å². The fourth-order valence-corrected chi connectivity index (χ4v) is 2.13. The Bertz CT molecular complexity index is 275. The number of aromatic nitrogens is 1. The van der Waals surface area contributed by atoms with E-state index in [1.807, 2.05) is 13.1 Å². The van der Waals surface area contributed by atoms with Crippen LogP contribution in [0.2, 0.25) is 0 Å². The molecule has 4 heteroatoms. The molecule has 1 aromatic rings. The first-order chi connectivity index (χ1) is 7.22. The van der Waals surface area contributed by atoms with E-state index in [1.54, 1.807) is 11.3 Å². The predicted molar refractivity (Wildman–Crippen MR) is 64.0 cm³/mol. The molecule has 0 amide bonds. The fraction of sp³-hybridized carbons (Fsp3) is 0.727. The molecule has 0 aliphatic carbocycles. The molecule has 86 valence electrons. The number of thiazole rings is 1. The average Bonchev–Trinajstić information content (AvgIpc) is 2.63. The molecule has 3 nitrogen and oxygen atoms in total. The van der Waals surface area contributed by atoms with Crippen LogP contribution in [0.15, 0.2) is 6.20 Å². The Hall–Kier alpha value is -0.450. The normalized spacial score (nSPS) is 13.0. The maximum Gasteiger partial charge on any atom is 0.0897 e. The lowest BCUT2D eigenvalue weighted by molar-refractivity contribution is 0.228. The monoisotopic (exact) mass is 228 g/mol. The van der Waals surface area contributed by atoms with Crippen molar-refractivity contribution in [3.05, 3.63) is 16.1 Å². The second-order valence-electron chi connectivity index (χ2n) is 3.95. The van der Waals surface area contributed by atoms with Crippen molar-refractivity contribution in [2.75, 3.05) is 13.2 Å². The lowest BCUT2D eigenvalue weighted by Crippen LogP contribution is -2.15. The van der Waals surface area contributed by atoms with Crippen LogP contribution in [0, 0.1) is 12.8 Å². The molecule has 0 aliphatic heterocycles. The van der Waals surface area contributed by atoms with Crippen LogP contribution in [-0.4, -0.2) is 23.2 Å². The Kier molecular flexibility index (Phi) is 5.83. The molecule has 0 saturated carbocycles. The van der Waals surface area contributed by atoms with Crippen LogP contribution in [0.3, 0.4) is 0 Å². The molecule has 15 heavy (non-hydrogen) atoms. The van der Waals surface area contributed by atoms with Gasteiger partial charge in [0.1, 0.15) is 0 Å². The lowest BCUT2D eigenvalue weighted by atomic mass is 10.1. The summed E-state index contributed by atoms with van der Waals surface area (Å²) in [4.78, 5) is 5.50. The largest absolute Gasteiger partial charge is 0.396 e. The van der Waals surface area contributed by atoms with Crippen LogP contribution >= 0.6 is 11.3 Å². The van der Waals surface area contributed by atoms with E-state index in [2.05, 4.69) is 17.2 Å². The van der Waals surface area contributed by atoms with Crippen LogP contribution in [0.25, 0.3) is 0 Å². The van der Waals surface area contributed by atoms with Crippen LogP contribution in [0.4, 0.5) is 0 Å². The topological polar surface area (TPSA) is 45.2 Å². The molecule has 1 unspecified atom stereocenters. The van der Waals surface area contributed by atoms with Gasteiger partial charge in [0.25, 0.3) is 0 Å². The number of rotatable bonds is 7. The summed E-state index contributed by atoms with van der Waals surface area (Å²) in [5.41, 5.74) is 0. The van der Waals surface area contributed by atoms with Gasteiger partial charge >= 0.3 is 0 Å². The third kappa shape index (κ3) is 5.25. The molecule has 1 atom stereocenters. The lowest BCUT2D eigenvalue weighted by Gasteiger charge is -2.07. The molecule has 0 bridgehead atoms. The van der Waals surface area contributed by atoms with E-state index in [4.69, 9.17) is 5.11 Å². The number of nitrogens with one attached hydrogen (secondary N) is 1. The SMILES string of the molecule is Cc1ncc(CNCCCC(C)CO)s1. The van der Waals surface area contributed by atoms with Gasteiger partial charge in [0, 0.05) is 24.2 Å². The van der Waals surface area contributed by atoms with E-state index in [9.17, 15) is 0 Å². The van der Waals surface area contributed by atoms with Crippen molar-refractivity contribution in [2.24, 2.45) is 5.92 Å². The van der Waals surface area contributed by atoms with Crippen molar-refractivity contribution in [1.29, 1.82) is 0 Å². The van der Waals surface area contributed by atoms with Gasteiger partial charge in [-0.15, -0.1) is 11.3 Å². The maximum absolute atomic E-state index is 8.85. The molecule has 0 spiro atoms. The van der Waals surface area contributed by atoms with Crippen LogP contribution < -0.4 is 5.32 Å². The molecular weight excluding hydrogens is 208 g/mol. The fourth-order valence-electron chi connectivity index (χ4n) is 1.37. The van der Waals surface area contributed by atoms with Gasteiger partial charge in [-0.05, 0) is 32.2 Å². The summed E-state index contributed by atoms with van der Waals surface area (Å²) in [5, 5.41) is 13.4. The highest BCUT2D eigenvalue weighted by Crippen LogP contribution is 2.10. The van der Waals surface area contributed by atoms with Gasteiger partial charge in [0.05, 0.1) is 5.01 Å². The van der Waals surface area contributed by atoms with Gasteiger partial charge in [0.2, 0.25) is 0 Å². The zero-order chi connectivity index (χ0) is 11.1. The van der Waals surface area contributed by atoms with Crippen molar-refractivity contribution >= 4 is 11.3 Å². The molecule has 1 aromatic heterocycles. The Labute approximate surface area is 95.6 Å². The van der Waals surface area contributed by atoms with E-state index in [-0.39, 0.29) is 0 Å². The minimum Gasteiger partial charge on any atom is -0.396 e. The summed E-state index contributed by atoms with van der Waals surface area (Å²) >= 11 is 1.74. The summed E-state index contributed by atoms with van der Waals surface area (Å²) < 4.78 is 0. The first-order valence-corrected chi connectivity index (χ1v) is 6.27. The first kappa shape index (κ1) is 12.6. The van der Waals surface area contributed by atoms with Crippen molar-refractivity contribution < 1.29 is 5.11 Å². The molecule has 1 rings (SSSR count). The van der Waals surface area contributed by atoms with Gasteiger partial charge < -0.3 is 10.4 Å². The highest BCUT2D eigenvalue weighted by atomic mass is 32.1. The Morgan fingerprint density at radius 1 is 1.60 bits per heavy atom. The molecule has 0 radical (unpaired) electrons. The summed E-state index contributed by atoms with van der Waals surface area (Å²) in [6.45, 7) is 6.33. The number of aryl methyl sites for hydroxylation is 1. The van der Waals surface area contributed by atoms with Crippen LogP contribution in [-0.2, 0) is 6.54 Å². The molecule has 0 saturated heterocycles. The van der Waals surface area contributed by atoms with Crippen molar-refractivity contribution in [3.8, 4) is 0 Å². The molecule has 0 aliphatic rings. The maximum atomic E-state index is 8.85. The molecular formula is C11H20N2OS. The first-order valence-electron chi connectivity index (χ1n) is 5.45. The zero-order valence-corrected chi connectivity index (χ0v) is 10.3. The number of aliphatic hydroxyl groups is 1.